The first-order valence-corrected chi connectivity index (χ1v) is 12.2. The van der Waals surface area contributed by atoms with Crippen molar-refractivity contribution in [1.29, 1.82) is 0 Å². The zero-order valence-electron chi connectivity index (χ0n) is 18.6. The van der Waals surface area contributed by atoms with Crippen LogP contribution in [0.15, 0.2) is 41.3 Å². The highest BCUT2D eigenvalue weighted by Crippen LogP contribution is 2.40. The van der Waals surface area contributed by atoms with Crippen molar-refractivity contribution in [3.05, 3.63) is 58.7 Å². The van der Waals surface area contributed by atoms with Gasteiger partial charge in [0.15, 0.2) is 0 Å². The van der Waals surface area contributed by atoms with Crippen LogP contribution < -0.4 is 10.1 Å². The number of hydrogen-bond acceptors (Lipinski definition) is 4. The molecule has 2 aliphatic heterocycles. The van der Waals surface area contributed by atoms with Gasteiger partial charge in [-0.25, -0.2) is 8.42 Å². The molecule has 2 aliphatic rings. The van der Waals surface area contributed by atoms with E-state index in [0.717, 1.165) is 29.7 Å². The Bertz CT molecular complexity index is 1120. The minimum absolute atomic E-state index is 0.213. The average Bonchev–Trinajstić information content (AvgIpc) is 3.22. The van der Waals surface area contributed by atoms with Crippen LogP contribution in [0.3, 0.4) is 0 Å². The number of hydrogen-bond donors (Lipinski definition) is 1. The molecule has 31 heavy (non-hydrogen) atoms. The first-order valence-electron chi connectivity index (χ1n) is 10.8. The number of carbonyl (C=O) groups is 1. The van der Waals surface area contributed by atoms with Crippen molar-refractivity contribution in [2.75, 3.05) is 13.1 Å². The van der Waals surface area contributed by atoms with Gasteiger partial charge in [-0.15, -0.1) is 0 Å². The van der Waals surface area contributed by atoms with E-state index in [1.165, 1.54) is 10.4 Å². The van der Waals surface area contributed by atoms with Crippen molar-refractivity contribution in [2.24, 2.45) is 0 Å². The molecule has 0 spiro atoms. The van der Waals surface area contributed by atoms with Crippen LogP contribution in [0.5, 0.6) is 5.75 Å². The van der Waals surface area contributed by atoms with Crippen LogP contribution in [0.2, 0.25) is 0 Å². The molecule has 4 rings (SSSR count). The number of ether oxygens (including phenoxy) is 1. The van der Waals surface area contributed by atoms with E-state index < -0.39 is 15.6 Å². The van der Waals surface area contributed by atoms with Gasteiger partial charge in [0.1, 0.15) is 11.4 Å². The maximum Gasteiger partial charge on any atom is 0.251 e. The van der Waals surface area contributed by atoms with Crippen LogP contribution in [0.4, 0.5) is 0 Å². The van der Waals surface area contributed by atoms with Crippen LogP contribution >= 0.6 is 0 Å². The summed E-state index contributed by atoms with van der Waals surface area (Å²) in [6.45, 7) is 8.85. The number of amides is 1. The zero-order valence-corrected chi connectivity index (χ0v) is 19.4. The van der Waals surface area contributed by atoms with E-state index in [1.54, 1.807) is 19.1 Å². The summed E-state index contributed by atoms with van der Waals surface area (Å²) in [5.41, 5.74) is 2.61. The van der Waals surface area contributed by atoms with E-state index in [1.807, 2.05) is 39.0 Å². The third kappa shape index (κ3) is 4.34. The molecule has 7 heteroatoms. The number of carbonyl (C=O) groups excluding carboxylic acids is 1. The highest BCUT2D eigenvalue weighted by molar-refractivity contribution is 7.89. The van der Waals surface area contributed by atoms with Gasteiger partial charge in [-0.2, -0.15) is 4.31 Å². The smallest absolute Gasteiger partial charge is 0.251 e. The predicted octanol–water partition coefficient (Wildman–Crippen LogP) is 4.12. The molecule has 6 nitrogen and oxygen atoms in total. The lowest BCUT2D eigenvalue weighted by atomic mass is 9.89. The van der Waals surface area contributed by atoms with Gasteiger partial charge >= 0.3 is 0 Å². The fourth-order valence-electron chi connectivity index (χ4n) is 4.42. The van der Waals surface area contributed by atoms with E-state index in [-0.39, 0.29) is 16.8 Å². The van der Waals surface area contributed by atoms with Gasteiger partial charge in [0.25, 0.3) is 5.91 Å². The van der Waals surface area contributed by atoms with Gasteiger partial charge in [-0.1, -0.05) is 18.2 Å². The topological polar surface area (TPSA) is 75.7 Å². The molecule has 2 heterocycles. The molecule has 1 amide bonds. The van der Waals surface area contributed by atoms with Crippen LogP contribution in [0.1, 0.15) is 66.2 Å². The molecule has 1 saturated heterocycles. The monoisotopic (exact) mass is 442 g/mol. The summed E-state index contributed by atoms with van der Waals surface area (Å²) in [6, 6.07) is 10.7. The molecule has 166 valence electrons. The van der Waals surface area contributed by atoms with Crippen molar-refractivity contribution >= 4 is 15.9 Å². The number of nitrogens with one attached hydrogen (secondary N) is 1. The Labute approximate surface area is 184 Å². The molecule has 0 radical (unpaired) electrons. The third-order valence-electron chi connectivity index (χ3n) is 6.06. The van der Waals surface area contributed by atoms with Crippen LogP contribution in [0.25, 0.3) is 0 Å². The molecule has 0 aliphatic carbocycles. The van der Waals surface area contributed by atoms with Crippen molar-refractivity contribution < 1.29 is 17.9 Å². The standard InChI is InChI=1S/C24H30N2O4S/c1-16-7-10-19-20(15-24(3,4)30-21(19)13-16)25-23(27)18-9-8-17(2)22(14-18)31(28,29)26-11-5-6-12-26/h7-10,13-14,20H,5-6,11-12,15H2,1-4H3,(H,25,27)/t20-/m0/s1. The van der Waals surface area contributed by atoms with Crippen molar-refractivity contribution in [3.63, 3.8) is 0 Å². The van der Waals surface area contributed by atoms with E-state index in [4.69, 9.17) is 4.74 Å². The van der Waals surface area contributed by atoms with E-state index in [9.17, 15) is 13.2 Å². The molecular formula is C24H30N2O4S. The number of fused-ring (bicyclic) bond motifs is 1. The Morgan fingerprint density at radius 2 is 1.81 bits per heavy atom. The number of aryl methyl sites for hydroxylation is 2. The first-order chi connectivity index (χ1) is 14.6. The van der Waals surface area contributed by atoms with Crippen molar-refractivity contribution in [3.8, 4) is 5.75 Å². The summed E-state index contributed by atoms with van der Waals surface area (Å²) >= 11 is 0. The van der Waals surface area contributed by atoms with E-state index in [0.29, 0.717) is 30.6 Å². The molecule has 0 bridgehead atoms. The second kappa shape index (κ2) is 7.95. The molecule has 1 N–H and O–H groups in total. The summed E-state index contributed by atoms with van der Waals surface area (Å²) in [6.07, 6.45) is 2.37. The summed E-state index contributed by atoms with van der Waals surface area (Å²) in [5, 5.41) is 3.11. The van der Waals surface area contributed by atoms with Crippen LogP contribution in [0, 0.1) is 13.8 Å². The first kappa shape index (κ1) is 21.8. The van der Waals surface area contributed by atoms with Gasteiger partial charge < -0.3 is 10.1 Å². The Hall–Kier alpha value is -2.38. The van der Waals surface area contributed by atoms with E-state index >= 15 is 0 Å². The second-order valence-electron chi connectivity index (χ2n) is 9.22. The molecule has 0 unspecified atom stereocenters. The quantitative estimate of drug-likeness (QED) is 0.773. The maximum atomic E-state index is 13.2. The normalized spacial score (nSPS) is 20.7. The molecule has 1 atom stereocenters. The minimum atomic E-state index is -3.60. The summed E-state index contributed by atoms with van der Waals surface area (Å²) in [4.78, 5) is 13.4. The van der Waals surface area contributed by atoms with Crippen LogP contribution in [-0.2, 0) is 10.0 Å². The Kier molecular flexibility index (Phi) is 5.60. The van der Waals surface area contributed by atoms with Gasteiger partial charge in [-0.05, 0) is 69.9 Å². The van der Waals surface area contributed by atoms with Gasteiger partial charge in [0.2, 0.25) is 10.0 Å². The van der Waals surface area contributed by atoms with Crippen molar-refractivity contribution in [2.45, 2.75) is 63.5 Å². The fraction of sp³-hybridized carbons (Fsp3) is 0.458. The molecule has 0 aromatic heterocycles. The Morgan fingerprint density at radius 1 is 1.10 bits per heavy atom. The zero-order chi connectivity index (χ0) is 22.4. The Morgan fingerprint density at radius 3 is 2.52 bits per heavy atom. The maximum absolute atomic E-state index is 13.2. The SMILES string of the molecule is Cc1ccc2c(c1)OC(C)(C)C[C@@H]2NC(=O)c1ccc(C)c(S(=O)(=O)N2CCCC2)c1. The predicted molar refractivity (Wildman–Crippen MR) is 120 cm³/mol. The molecule has 0 saturated carbocycles. The lowest BCUT2D eigenvalue weighted by Crippen LogP contribution is -2.41. The number of benzene rings is 2. The van der Waals surface area contributed by atoms with Crippen LogP contribution in [-0.4, -0.2) is 37.3 Å². The molecular weight excluding hydrogens is 412 g/mol. The fourth-order valence-corrected chi connectivity index (χ4v) is 6.18. The Balaban J connectivity index is 1.63. The highest BCUT2D eigenvalue weighted by Gasteiger charge is 2.35. The molecule has 2 aromatic carbocycles. The molecule has 1 fully saturated rings. The number of nitrogens with zero attached hydrogens (tertiary/aromatic N) is 1. The highest BCUT2D eigenvalue weighted by atomic mass is 32.2. The van der Waals surface area contributed by atoms with Gasteiger partial charge in [0, 0.05) is 30.6 Å². The average molecular weight is 443 g/mol. The summed E-state index contributed by atoms with van der Waals surface area (Å²) < 4.78 is 33.8. The lowest BCUT2D eigenvalue weighted by Gasteiger charge is -2.38. The second-order valence-corrected chi connectivity index (χ2v) is 11.1. The van der Waals surface area contributed by atoms with Crippen molar-refractivity contribution in [1.82, 2.24) is 9.62 Å². The number of rotatable bonds is 4. The van der Waals surface area contributed by atoms with E-state index in [2.05, 4.69) is 5.32 Å². The summed E-state index contributed by atoms with van der Waals surface area (Å²) in [7, 11) is -3.60. The van der Waals surface area contributed by atoms with Gasteiger partial charge in [-0.3, -0.25) is 4.79 Å². The third-order valence-corrected chi connectivity index (χ3v) is 8.11. The minimum Gasteiger partial charge on any atom is -0.487 e. The lowest BCUT2D eigenvalue weighted by molar-refractivity contribution is 0.0619. The van der Waals surface area contributed by atoms with Gasteiger partial charge in [0.05, 0.1) is 10.9 Å². The molecule has 2 aromatic rings. The summed E-state index contributed by atoms with van der Waals surface area (Å²) in [5.74, 6) is 0.495. The number of sulfonamides is 1. The largest absolute Gasteiger partial charge is 0.487 e.